The van der Waals surface area contributed by atoms with Crippen molar-refractivity contribution in [3.63, 3.8) is 0 Å². The lowest BCUT2D eigenvalue weighted by Crippen LogP contribution is -2.50. The molecule has 0 saturated carbocycles. The third-order valence-electron chi connectivity index (χ3n) is 6.19. The molecule has 2 heterocycles. The highest BCUT2D eigenvalue weighted by Gasteiger charge is 2.51. The van der Waals surface area contributed by atoms with Gasteiger partial charge in [0.15, 0.2) is 5.92 Å². The Balaban J connectivity index is 1.91. The summed E-state index contributed by atoms with van der Waals surface area (Å²) in [5, 5.41) is 13.5. The highest BCUT2D eigenvalue weighted by atomic mass is 32.2. The van der Waals surface area contributed by atoms with Gasteiger partial charge in [-0.05, 0) is 29.5 Å². The van der Waals surface area contributed by atoms with Crippen LogP contribution in [0, 0.1) is 25.0 Å². The zero-order chi connectivity index (χ0) is 24.6. The van der Waals surface area contributed by atoms with Gasteiger partial charge in [-0.2, -0.15) is 0 Å². The molecule has 0 spiro atoms. The molecule has 0 aliphatic carbocycles. The van der Waals surface area contributed by atoms with Crippen LogP contribution >= 0.6 is 11.8 Å². The zero-order valence-electron chi connectivity index (χ0n) is 19.9. The van der Waals surface area contributed by atoms with E-state index in [1.54, 1.807) is 18.7 Å². The van der Waals surface area contributed by atoms with Crippen molar-refractivity contribution in [2.24, 2.45) is 5.92 Å². The molecule has 2 aromatic carbocycles. The lowest BCUT2D eigenvalue weighted by atomic mass is 9.84. The van der Waals surface area contributed by atoms with Gasteiger partial charge in [0.2, 0.25) is 0 Å². The van der Waals surface area contributed by atoms with Gasteiger partial charge in [-0.1, -0.05) is 42.5 Å². The number of benzene rings is 2. The summed E-state index contributed by atoms with van der Waals surface area (Å²) in [6, 6.07) is 17.3. The summed E-state index contributed by atoms with van der Waals surface area (Å²) in [5.74, 6) is -4.67. The van der Waals surface area contributed by atoms with E-state index < -0.39 is 29.6 Å². The van der Waals surface area contributed by atoms with Gasteiger partial charge in [0.25, 0.3) is 11.6 Å². The molecule has 1 fully saturated rings. The maximum atomic E-state index is 13.5. The largest absolute Gasteiger partial charge is 0.711 e. The third kappa shape index (κ3) is 4.42. The second-order valence-electron chi connectivity index (χ2n) is 8.87. The van der Waals surface area contributed by atoms with Crippen molar-refractivity contribution in [1.29, 1.82) is 0 Å². The summed E-state index contributed by atoms with van der Waals surface area (Å²) >= 11 is 1.58. The number of hydrogen-bond acceptors (Lipinski definition) is 6. The highest BCUT2D eigenvalue weighted by Crippen LogP contribution is 2.38. The molecule has 178 valence electrons. The quantitative estimate of drug-likeness (QED) is 0.174. The molecule has 0 amide bonds. The van der Waals surface area contributed by atoms with Gasteiger partial charge in [-0.25, -0.2) is 9.30 Å². The van der Waals surface area contributed by atoms with E-state index in [2.05, 4.69) is 0 Å². The Morgan fingerprint density at radius 1 is 1.03 bits per heavy atom. The van der Waals surface area contributed by atoms with Crippen LogP contribution < -0.4 is 4.73 Å². The first-order valence-corrected chi connectivity index (χ1v) is 12.3. The molecular formula is C26H28N2O5S. The molecule has 8 heteroatoms. The number of nitrogens with zero attached hydrogens (tertiary/aromatic N) is 2. The van der Waals surface area contributed by atoms with E-state index in [0.29, 0.717) is 23.6 Å². The average molecular weight is 481 g/mol. The molecule has 4 rings (SSSR count). The predicted molar refractivity (Wildman–Crippen MR) is 128 cm³/mol. The van der Waals surface area contributed by atoms with Crippen molar-refractivity contribution in [1.82, 2.24) is 4.57 Å². The Hall–Kier alpha value is -3.26. The Labute approximate surface area is 203 Å². The van der Waals surface area contributed by atoms with Crippen LogP contribution in [0.3, 0.4) is 0 Å². The van der Waals surface area contributed by atoms with E-state index >= 15 is 0 Å². The molecule has 1 aliphatic heterocycles. The fraction of sp³-hybridized carbons (Fsp3) is 0.346. The van der Waals surface area contributed by atoms with Crippen LogP contribution in [0.2, 0.25) is 0 Å². The van der Waals surface area contributed by atoms with Gasteiger partial charge in [-0.15, -0.1) is 11.8 Å². The summed E-state index contributed by atoms with van der Waals surface area (Å²) < 4.78 is 13.6. The normalized spacial score (nSPS) is 16.7. The van der Waals surface area contributed by atoms with Crippen LogP contribution in [0.15, 0.2) is 59.5 Å². The molecule has 0 radical (unpaired) electrons. The van der Waals surface area contributed by atoms with E-state index in [1.807, 2.05) is 72.3 Å². The molecule has 34 heavy (non-hydrogen) atoms. The van der Waals surface area contributed by atoms with E-state index in [-0.39, 0.29) is 0 Å². The number of imidazole rings is 1. The first kappa shape index (κ1) is 23.9. The molecule has 1 aliphatic rings. The van der Waals surface area contributed by atoms with Crippen LogP contribution in [0.5, 0.6) is 0 Å². The number of carbonyl (C=O) groups is 2. The van der Waals surface area contributed by atoms with E-state index in [4.69, 9.17) is 9.47 Å². The maximum absolute atomic E-state index is 13.5. The first-order chi connectivity index (χ1) is 16.1. The minimum Gasteiger partial charge on any atom is -0.711 e. The van der Waals surface area contributed by atoms with Gasteiger partial charge in [0.1, 0.15) is 23.9 Å². The van der Waals surface area contributed by atoms with Crippen molar-refractivity contribution < 1.29 is 23.8 Å². The van der Waals surface area contributed by atoms with Gasteiger partial charge in [0, 0.05) is 32.6 Å². The maximum Gasteiger partial charge on any atom is 0.324 e. The smallest absolute Gasteiger partial charge is 0.324 e. The predicted octanol–water partition coefficient (Wildman–Crippen LogP) is 4.09. The lowest BCUT2D eigenvalue weighted by molar-refractivity contribution is -0.621. The zero-order valence-corrected chi connectivity index (χ0v) is 20.7. The average Bonchev–Trinajstić information content (AvgIpc) is 3.00. The molecule has 7 nitrogen and oxygen atoms in total. The molecular weight excluding hydrogens is 452 g/mol. The van der Waals surface area contributed by atoms with E-state index in [9.17, 15) is 14.8 Å². The Morgan fingerprint density at radius 3 is 2.18 bits per heavy atom. The van der Waals surface area contributed by atoms with Crippen LogP contribution in [0.4, 0.5) is 0 Å². The number of esters is 2. The Kier molecular flexibility index (Phi) is 6.45. The molecule has 0 unspecified atom stereocenters. The molecule has 1 atom stereocenters. The third-order valence-corrected chi connectivity index (χ3v) is 6.93. The molecule has 3 aromatic rings. The fourth-order valence-corrected chi connectivity index (χ4v) is 4.77. The van der Waals surface area contributed by atoms with Crippen LogP contribution in [-0.4, -0.2) is 28.5 Å². The monoisotopic (exact) mass is 480 g/mol. The number of hydrogen-bond donors (Lipinski definition) is 0. The van der Waals surface area contributed by atoms with Crippen molar-refractivity contribution in [3.05, 3.63) is 88.1 Å². The second-order valence-corrected chi connectivity index (χ2v) is 9.75. The first-order valence-electron chi connectivity index (χ1n) is 11.1. The number of cyclic esters (lactones) is 2. The summed E-state index contributed by atoms with van der Waals surface area (Å²) in [6.07, 6.45) is 1.97. The van der Waals surface area contributed by atoms with E-state index in [0.717, 1.165) is 20.9 Å². The van der Waals surface area contributed by atoms with Crippen molar-refractivity contribution in [2.75, 3.05) is 6.26 Å². The number of aromatic nitrogens is 2. The van der Waals surface area contributed by atoms with Gasteiger partial charge >= 0.3 is 11.9 Å². The highest BCUT2D eigenvalue weighted by molar-refractivity contribution is 7.98. The Bertz CT molecular complexity index is 1200. The lowest BCUT2D eigenvalue weighted by Gasteiger charge is -2.35. The van der Waals surface area contributed by atoms with E-state index in [1.165, 1.54) is 13.8 Å². The van der Waals surface area contributed by atoms with Crippen molar-refractivity contribution in [3.8, 4) is 0 Å². The van der Waals surface area contributed by atoms with Gasteiger partial charge in [0.05, 0.1) is 0 Å². The summed E-state index contributed by atoms with van der Waals surface area (Å²) in [6.45, 7) is 7.05. The Morgan fingerprint density at radius 2 is 1.62 bits per heavy atom. The molecule has 0 N–H and O–H groups in total. The summed E-state index contributed by atoms with van der Waals surface area (Å²) in [7, 11) is 0. The molecule has 0 bridgehead atoms. The molecule has 1 saturated heterocycles. The number of ether oxygens (including phenoxy) is 2. The van der Waals surface area contributed by atoms with Gasteiger partial charge in [-0.3, -0.25) is 9.59 Å². The second kappa shape index (κ2) is 9.18. The standard InChI is InChI=1S/C26H28N2O5S/c1-16-17(2)28(31)23(27(16)15-18-9-7-6-8-10-18)21(19-11-13-20(34-5)14-12-19)22-24(29)32-26(3,4)33-25(22)30/h6-14,21-22H,15H2,1-5H3/t21-/m0/s1. The minimum atomic E-state index is -1.36. The summed E-state index contributed by atoms with van der Waals surface area (Å²) in [5.41, 5.74) is 2.92. The topological polar surface area (TPSA) is 84.5 Å². The van der Waals surface area contributed by atoms with Crippen molar-refractivity contribution in [2.45, 2.75) is 50.8 Å². The van der Waals surface area contributed by atoms with Crippen molar-refractivity contribution >= 4 is 23.7 Å². The van der Waals surface area contributed by atoms with Crippen LogP contribution in [-0.2, 0) is 25.6 Å². The molecule has 1 aromatic heterocycles. The fourth-order valence-electron chi connectivity index (χ4n) is 4.36. The number of rotatable bonds is 6. The van der Waals surface area contributed by atoms with Gasteiger partial charge < -0.3 is 14.7 Å². The minimum absolute atomic E-state index is 0.300. The van der Waals surface area contributed by atoms with Crippen LogP contribution in [0.1, 0.15) is 48.1 Å². The van der Waals surface area contributed by atoms with Crippen LogP contribution in [0.25, 0.3) is 0 Å². The number of carbonyl (C=O) groups excluding carboxylic acids is 2. The SMILES string of the molecule is CSc1ccc([C@H](c2n(Cc3ccccc3)c(C)c(C)[n+]2[O-])C2C(=O)OC(C)(C)OC2=O)cc1. The number of thioether (sulfide) groups is 1. The summed E-state index contributed by atoms with van der Waals surface area (Å²) in [4.78, 5) is 27.3.